The number of methoxy groups -OCH3 is 1. The Morgan fingerprint density at radius 1 is 0.977 bits per heavy atom. The predicted octanol–water partition coefficient (Wildman–Crippen LogP) is 5.59. The minimum absolute atomic E-state index is 0.0325. The summed E-state index contributed by atoms with van der Waals surface area (Å²) in [5.41, 5.74) is 1.34. The van der Waals surface area contributed by atoms with Crippen molar-refractivity contribution in [2.24, 2.45) is 0 Å². The number of amides is 2. The summed E-state index contributed by atoms with van der Waals surface area (Å²) in [6.45, 7) is 3.00. The van der Waals surface area contributed by atoms with Crippen molar-refractivity contribution in [1.82, 2.24) is 10.2 Å². The zero-order valence-corrected chi connectivity index (χ0v) is 25.8. The molecule has 0 aliphatic heterocycles. The van der Waals surface area contributed by atoms with Crippen LogP contribution in [0.15, 0.2) is 77.7 Å². The lowest BCUT2D eigenvalue weighted by Gasteiger charge is -2.34. The van der Waals surface area contributed by atoms with Crippen molar-refractivity contribution < 1.29 is 27.1 Å². The molecule has 0 spiro atoms. The molecule has 3 aromatic rings. The number of anilines is 1. The van der Waals surface area contributed by atoms with E-state index in [0.717, 1.165) is 53.6 Å². The van der Waals surface area contributed by atoms with Crippen molar-refractivity contribution in [2.75, 3.05) is 18.0 Å². The SMILES string of the molecule is CC[C@H](C(=O)NC1CCCCC1)N(Cc1ccc(OC)cc1)C(=O)CN(c1ccccc1F)S(=O)(=O)c1ccc(C)cc1. The highest BCUT2D eigenvalue weighted by molar-refractivity contribution is 7.92. The minimum atomic E-state index is -4.35. The van der Waals surface area contributed by atoms with E-state index in [2.05, 4.69) is 5.32 Å². The van der Waals surface area contributed by atoms with Crippen LogP contribution < -0.4 is 14.4 Å². The van der Waals surface area contributed by atoms with Gasteiger partial charge >= 0.3 is 0 Å². The lowest BCUT2D eigenvalue weighted by molar-refractivity contribution is -0.140. The third-order valence-electron chi connectivity index (χ3n) is 7.86. The number of halogens is 1. The van der Waals surface area contributed by atoms with Crippen LogP contribution in [0.1, 0.15) is 56.6 Å². The van der Waals surface area contributed by atoms with E-state index in [4.69, 9.17) is 4.74 Å². The lowest BCUT2D eigenvalue weighted by atomic mass is 9.95. The van der Waals surface area contributed by atoms with Crippen LogP contribution in [0.5, 0.6) is 5.75 Å². The molecule has 1 atom stereocenters. The summed E-state index contributed by atoms with van der Waals surface area (Å²) < 4.78 is 49.0. The highest BCUT2D eigenvalue weighted by atomic mass is 32.2. The van der Waals surface area contributed by atoms with Gasteiger partial charge in [0.25, 0.3) is 10.0 Å². The molecular formula is C33H40FN3O5S. The van der Waals surface area contributed by atoms with Crippen LogP contribution in [0.2, 0.25) is 0 Å². The summed E-state index contributed by atoms with van der Waals surface area (Å²) in [5.74, 6) is -1.05. The van der Waals surface area contributed by atoms with Crippen LogP contribution in [0.3, 0.4) is 0 Å². The molecule has 1 aliphatic rings. The summed E-state index contributed by atoms with van der Waals surface area (Å²) in [6.07, 6.45) is 5.27. The van der Waals surface area contributed by atoms with E-state index < -0.39 is 34.3 Å². The normalized spacial score (nSPS) is 14.5. The third kappa shape index (κ3) is 7.93. The molecule has 0 saturated heterocycles. The van der Waals surface area contributed by atoms with Crippen molar-refractivity contribution >= 4 is 27.5 Å². The van der Waals surface area contributed by atoms with Crippen LogP contribution >= 0.6 is 0 Å². The Hall–Kier alpha value is -3.92. The smallest absolute Gasteiger partial charge is 0.264 e. The first-order valence-electron chi connectivity index (χ1n) is 14.7. The van der Waals surface area contributed by atoms with Gasteiger partial charge in [-0.15, -0.1) is 0 Å². The highest BCUT2D eigenvalue weighted by Gasteiger charge is 2.35. The number of aryl methyl sites for hydroxylation is 1. The summed E-state index contributed by atoms with van der Waals surface area (Å²) in [5, 5.41) is 3.12. The van der Waals surface area contributed by atoms with Gasteiger partial charge in [0.2, 0.25) is 11.8 Å². The molecule has 0 heterocycles. The first-order chi connectivity index (χ1) is 20.6. The molecule has 4 rings (SSSR count). The quantitative estimate of drug-likeness (QED) is 0.289. The van der Waals surface area contributed by atoms with E-state index in [-0.39, 0.29) is 29.1 Å². The van der Waals surface area contributed by atoms with Gasteiger partial charge in [0, 0.05) is 12.6 Å². The van der Waals surface area contributed by atoms with Gasteiger partial charge in [0.15, 0.2) is 0 Å². The van der Waals surface area contributed by atoms with E-state index >= 15 is 4.39 Å². The molecule has 3 aromatic carbocycles. The van der Waals surface area contributed by atoms with Crippen LogP contribution in [-0.4, -0.2) is 50.9 Å². The lowest BCUT2D eigenvalue weighted by Crippen LogP contribution is -2.54. The van der Waals surface area contributed by atoms with Gasteiger partial charge in [-0.2, -0.15) is 0 Å². The van der Waals surface area contributed by atoms with E-state index in [0.29, 0.717) is 12.2 Å². The number of rotatable bonds is 12. The number of hydrogen-bond acceptors (Lipinski definition) is 5. The van der Waals surface area contributed by atoms with E-state index in [1.165, 1.54) is 35.2 Å². The number of hydrogen-bond donors (Lipinski definition) is 1. The second-order valence-electron chi connectivity index (χ2n) is 10.9. The van der Waals surface area contributed by atoms with Crippen LogP contribution in [0.25, 0.3) is 0 Å². The summed E-state index contributed by atoms with van der Waals surface area (Å²) in [6, 6.07) is 17.9. The fourth-order valence-corrected chi connectivity index (χ4v) is 6.82. The van der Waals surface area contributed by atoms with Crippen LogP contribution in [0, 0.1) is 12.7 Å². The number of nitrogens with one attached hydrogen (secondary N) is 1. The average Bonchev–Trinajstić information content (AvgIpc) is 3.01. The molecule has 0 bridgehead atoms. The zero-order chi connectivity index (χ0) is 31.0. The number of carbonyl (C=O) groups is 2. The number of ether oxygens (including phenoxy) is 1. The van der Waals surface area contributed by atoms with Gasteiger partial charge < -0.3 is 15.0 Å². The average molecular weight is 610 g/mol. The van der Waals surface area contributed by atoms with Crippen molar-refractivity contribution in [2.45, 2.75) is 75.9 Å². The molecule has 8 nitrogen and oxygen atoms in total. The molecule has 1 fully saturated rings. The maximum atomic E-state index is 15.1. The van der Waals surface area contributed by atoms with E-state index in [1.54, 1.807) is 43.5 Å². The number of benzene rings is 3. The first kappa shape index (κ1) is 32.0. The maximum Gasteiger partial charge on any atom is 0.264 e. The van der Waals surface area contributed by atoms with Gasteiger partial charge in [-0.1, -0.05) is 68.1 Å². The van der Waals surface area contributed by atoms with Gasteiger partial charge in [-0.25, -0.2) is 12.8 Å². The second-order valence-corrected chi connectivity index (χ2v) is 12.8. The van der Waals surface area contributed by atoms with Gasteiger partial charge in [-0.3, -0.25) is 13.9 Å². The van der Waals surface area contributed by atoms with E-state index in [9.17, 15) is 18.0 Å². The monoisotopic (exact) mass is 609 g/mol. The maximum absolute atomic E-state index is 15.1. The summed E-state index contributed by atoms with van der Waals surface area (Å²) >= 11 is 0. The number of nitrogens with zero attached hydrogens (tertiary/aromatic N) is 2. The zero-order valence-electron chi connectivity index (χ0n) is 25.0. The Morgan fingerprint density at radius 2 is 1.63 bits per heavy atom. The third-order valence-corrected chi connectivity index (χ3v) is 9.63. The summed E-state index contributed by atoms with van der Waals surface area (Å²) in [7, 11) is -2.80. The van der Waals surface area contributed by atoms with Gasteiger partial charge in [0.05, 0.1) is 17.7 Å². The topological polar surface area (TPSA) is 96.0 Å². The molecular weight excluding hydrogens is 569 g/mol. The molecule has 230 valence electrons. The Bertz CT molecular complexity index is 1490. The standard InChI is InChI=1S/C33H40FN3O5S/c1-4-30(33(39)35-26-10-6-5-7-11-26)36(22-25-16-18-27(42-3)19-17-25)32(38)23-37(31-13-9-8-12-29(31)34)43(40,41)28-20-14-24(2)15-21-28/h8-9,12-21,26,30H,4-7,10-11,22-23H2,1-3H3,(H,35,39)/t30-/m1/s1. The fourth-order valence-electron chi connectivity index (χ4n) is 5.40. The first-order valence-corrected chi connectivity index (χ1v) is 16.1. The molecule has 10 heteroatoms. The van der Waals surface area contributed by atoms with E-state index in [1.807, 2.05) is 13.8 Å². The summed E-state index contributed by atoms with van der Waals surface area (Å²) in [4.78, 5) is 29.1. The number of para-hydroxylation sites is 1. The molecule has 0 radical (unpaired) electrons. The Kier molecular flexibility index (Phi) is 10.8. The molecule has 1 N–H and O–H groups in total. The van der Waals surface area contributed by atoms with Crippen LogP contribution in [-0.2, 0) is 26.2 Å². The van der Waals surface area contributed by atoms with Gasteiger partial charge in [0.1, 0.15) is 24.2 Å². The fraction of sp³-hybridized carbons (Fsp3) is 0.394. The van der Waals surface area contributed by atoms with Crippen molar-refractivity contribution in [1.29, 1.82) is 0 Å². The molecule has 0 unspecified atom stereocenters. The van der Waals surface area contributed by atoms with Gasteiger partial charge in [-0.05, 0) is 68.1 Å². The van der Waals surface area contributed by atoms with Crippen molar-refractivity contribution in [3.63, 3.8) is 0 Å². The van der Waals surface area contributed by atoms with Crippen molar-refractivity contribution in [3.8, 4) is 5.75 Å². The highest BCUT2D eigenvalue weighted by Crippen LogP contribution is 2.28. The second kappa shape index (κ2) is 14.5. The Morgan fingerprint density at radius 3 is 2.23 bits per heavy atom. The number of carbonyl (C=O) groups excluding carboxylic acids is 2. The molecule has 1 saturated carbocycles. The molecule has 0 aromatic heterocycles. The molecule has 43 heavy (non-hydrogen) atoms. The Balaban J connectivity index is 1.71. The van der Waals surface area contributed by atoms with Crippen LogP contribution in [0.4, 0.5) is 10.1 Å². The molecule has 1 aliphatic carbocycles. The minimum Gasteiger partial charge on any atom is -0.497 e. The van der Waals surface area contributed by atoms with Crippen molar-refractivity contribution in [3.05, 3.63) is 89.7 Å². The Labute approximate surface area is 253 Å². The predicted molar refractivity (Wildman–Crippen MR) is 165 cm³/mol. The molecule has 2 amide bonds. The number of sulfonamides is 1. The largest absolute Gasteiger partial charge is 0.497 e.